The number of thiophene rings is 1. The van der Waals surface area contributed by atoms with Gasteiger partial charge in [-0.1, -0.05) is 6.07 Å². The summed E-state index contributed by atoms with van der Waals surface area (Å²) in [7, 11) is 0. The highest BCUT2D eigenvalue weighted by Gasteiger charge is 2.25. The molecule has 3 aromatic rings. The first-order valence-corrected chi connectivity index (χ1v) is 9.88. The Hall–Kier alpha value is -2.52. The normalized spacial score (nSPS) is 20.1. The molecule has 142 valence electrons. The van der Waals surface area contributed by atoms with E-state index in [9.17, 15) is 4.79 Å². The topological polar surface area (TPSA) is 85.2 Å². The van der Waals surface area contributed by atoms with E-state index in [1.54, 1.807) is 12.5 Å². The van der Waals surface area contributed by atoms with Crippen molar-refractivity contribution in [2.24, 2.45) is 0 Å². The van der Waals surface area contributed by atoms with Gasteiger partial charge in [0.2, 0.25) is 0 Å². The van der Waals surface area contributed by atoms with Gasteiger partial charge in [0.25, 0.3) is 5.91 Å². The molecule has 9 heteroatoms. The zero-order valence-electron chi connectivity index (χ0n) is 15.3. The number of anilines is 1. The van der Waals surface area contributed by atoms with Crippen LogP contribution in [0.3, 0.4) is 0 Å². The van der Waals surface area contributed by atoms with Gasteiger partial charge in [0.1, 0.15) is 12.1 Å². The number of hydrogen-bond donors (Lipinski definition) is 1. The minimum Gasteiger partial charge on any atom is -0.372 e. The van der Waals surface area contributed by atoms with Crippen molar-refractivity contribution in [2.75, 3.05) is 24.5 Å². The van der Waals surface area contributed by atoms with E-state index >= 15 is 0 Å². The number of fused-ring (bicyclic) bond motifs is 1. The Balaban J connectivity index is 1.48. The summed E-state index contributed by atoms with van der Waals surface area (Å²) in [5.41, 5.74) is 0.775. The van der Waals surface area contributed by atoms with Crippen LogP contribution in [0.1, 0.15) is 23.5 Å². The maximum atomic E-state index is 12.0. The van der Waals surface area contributed by atoms with E-state index in [2.05, 4.69) is 39.1 Å². The van der Waals surface area contributed by atoms with Gasteiger partial charge in [-0.25, -0.2) is 14.6 Å². The monoisotopic (exact) mass is 386 g/mol. The lowest BCUT2D eigenvalue weighted by atomic mass is 10.2. The van der Waals surface area contributed by atoms with E-state index in [4.69, 9.17) is 4.74 Å². The summed E-state index contributed by atoms with van der Waals surface area (Å²) in [6.45, 7) is 6.75. The third-order valence-electron chi connectivity index (χ3n) is 4.49. The Morgan fingerprint density at radius 3 is 2.89 bits per heavy atom. The fraction of sp³-hybridized carbons (Fsp3) is 0.444. The van der Waals surface area contributed by atoms with Crippen LogP contribution in [0, 0.1) is 0 Å². The minimum atomic E-state index is -0.0620. The zero-order valence-corrected chi connectivity index (χ0v) is 16.1. The van der Waals surface area contributed by atoms with Gasteiger partial charge < -0.3 is 15.0 Å². The second-order valence-corrected chi connectivity index (χ2v) is 7.65. The summed E-state index contributed by atoms with van der Waals surface area (Å²) in [5, 5.41) is 10.2. The van der Waals surface area contributed by atoms with Crippen molar-refractivity contribution in [1.29, 1.82) is 0 Å². The minimum absolute atomic E-state index is 0.0620. The Labute approximate surface area is 161 Å². The Morgan fingerprint density at radius 2 is 2.15 bits per heavy atom. The Kier molecular flexibility index (Phi) is 5.04. The molecule has 3 aromatic heterocycles. The van der Waals surface area contributed by atoms with Crippen molar-refractivity contribution in [3.8, 4) is 0 Å². The molecule has 2 atom stereocenters. The number of carbonyl (C=O) groups excluding carboxylic acids is 1. The molecule has 0 radical (unpaired) electrons. The van der Waals surface area contributed by atoms with Gasteiger partial charge in [0, 0.05) is 19.6 Å². The van der Waals surface area contributed by atoms with E-state index < -0.39 is 0 Å². The number of nitrogens with zero attached hydrogens (tertiary/aromatic N) is 5. The summed E-state index contributed by atoms with van der Waals surface area (Å²) in [6, 6.07) is 3.68. The first kappa shape index (κ1) is 17.9. The fourth-order valence-electron chi connectivity index (χ4n) is 3.42. The molecule has 4 heterocycles. The molecule has 0 saturated carbocycles. The number of aromatic nitrogens is 4. The van der Waals surface area contributed by atoms with E-state index in [1.807, 2.05) is 22.2 Å². The van der Waals surface area contributed by atoms with Gasteiger partial charge in [0.05, 0.1) is 35.2 Å². The number of amides is 1. The standard InChI is InChI=1S/C18H22N6O2S/c1-12-9-23(10-13(2)26-12)16-14-8-22-24(17(14)21-11-20-16)6-5-19-18(25)15-4-3-7-27-15/h3-4,7-8,11-13H,5-6,9-10H2,1-2H3,(H,19,25)/t12-,13-/m0/s1. The van der Waals surface area contributed by atoms with Crippen LogP contribution < -0.4 is 10.2 Å². The molecule has 8 nitrogen and oxygen atoms in total. The second kappa shape index (κ2) is 7.61. The molecule has 1 aliphatic heterocycles. The Bertz CT molecular complexity index is 915. The molecule has 0 bridgehead atoms. The van der Waals surface area contributed by atoms with Crippen LogP contribution in [-0.4, -0.2) is 57.5 Å². The summed E-state index contributed by atoms with van der Waals surface area (Å²) < 4.78 is 7.62. The highest BCUT2D eigenvalue weighted by Crippen LogP contribution is 2.25. The summed E-state index contributed by atoms with van der Waals surface area (Å²) in [5.74, 6) is 0.823. The molecule has 1 N–H and O–H groups in total. The van der Waals surface area contributed by atoms with Gasteiger partial charge >= 0.3 is 0 Å². The predicted molar refractivity (Wildman–Crippen MR) is 104 cm³/mol. The highest BCUT2D eigenvalue weighted by molar-refractivity contribution is 7.12. The van der Waals surface area contributed by atoms with Crippen LogP contribution in [-0.2, 0) is 11.3 Å². The van der Waals surface area contributed by atoms with E-state index in [0.29, 0.717) is 18.0 Å². The van der Waals surface area contributed by atoms with Crippen molar-refractivity contribution in [3.05, 3.63) is 34.9 Å². The average molecular weight is 386 g/mol. The van der Waals surface area contributed by atoms with Crippen molar-refractivity contribution in [1.82, 2.24) is 25.1 Å². The number of rotatable bonds is 5. The van der Waals surface area contributed by atoms with Gasteiger partial charge in [-0.3, -0.25) is 4.79 Å². The smallest absolute Gasteiger partial charge is 0.261 e. The van der Waals surface area contributed by atoms with Crippen LogP contribution in [0.25, 0.3) is 11.0 Å². The summed E-state index contributed by atoms with van der Waals surface area (Å²) in [6.07, 6.45) is 3.68. The number of morpholine rings is 1. The number of ether oxygens (including phenoxy) is 1. The molecule has 0 unspecified atom stereocenters. The lowest BCUT2D eigenvalue weighted by Gasteiger charge is -2.36. The van der Waals surface area contributed by atoms with Gasteiger partial charge in [-0.15, -0.1) is 11.3 Å². The first-order valence-electron chi connectivity index (χ1n) is 9.00. The fourth-order valence-corrected chi connectivity index (χ4v) is 4.06. The van der Waals surface area contributed by atoms with E-state index in [0.717, 1.165) is 29.9 Å². The lowest BCUT2D eigenvalue weighted by molar-refractivity contribution is -0.00537. The lowest BCUT2D eigenvalue weighted by Crippen LogP contribution is -2.45. The second-order valence-electron chi connectivity index (χ2n) is 6.70. The van der Waals surface area contributed by atoms with Gasteiger partial charge in [0.15, 0.2) is 5.65 Å². The maximum absolute atomic E-state index is 12.0. The molecule has 1 amide bonds. The molecule has 4 rings (SSSR count). The summed E-state index contributed by atoms with van der Waals surface area (Å²) in [4.78, 5) is 23.9. The Morgan fingerprint density at radius 1 is 1.33 bits per heavy atom. The van der Waals surface area contributed by atoms with Gasteiger partial charge in [-0.2, -0.15) is 5.10 Å². The van der Waals surface area contributed by atoms with E-state index in [-0.39, 0.29) is 18.1 Å². The molecule has 1 saturated heterocycles. The molecule has 0 aliphatic carbocycles. The third-order valence-corrected chi connectivity index (χ3v) is 5.35. The number of carbonyl (C=O) groups is 1. The molecule has 1 fully saturated rings. The van der Waals surface area contributed by atoms with E-state index in [1.165, 1.54) is 11.3 Å². The third kappa shape index (κ3) is 3.79. The number of hydrogen-bond acceptors (Lipinski definition) is 7. The van der Waals surface area contributed by atoms with Crippen LogP contribution in [0.15, 0.2) is 30.0 Å². The largest absolute Gasteiger partial charge is 0.372 e. The quantitative estimate of drug-likeness (QED) is 0.721. The molecule has 0 spiro atoms. The predicted octanol–water partition coefficient (Wildman–Crippen LogP) is 1.93. The molecule has 0 aromatic carbocycles. The maximum Gasteiger partial charge on any atom is 0.261 e. The van der Waals surface area contributed by atoms with Crippen molar-refractivity contribution >= 4 is 34.1 Å². The van der Waals surface area contributed by atoms with Crippen molar-refractivity contribution in [3.63, 3.8) is 0 Å². The number of nitrogens with one attached hydrogen (secondary N) is 1. The van der Waals surface area contributed by atoms with Crippen LogP contribution >= 0.6 is 11.3 Å². The average Bonchev–Trinajstić information content (AvgIpc) is 3.30. The molecule has 27 heavy (non-hydrogen) atoms. The van der Waals surface area contributed by atoms with Crippen molar-refractivity contribution < 1.29 is 9.53 Å². The van der Waals surface area contributed by atoms with Crippen LogP contribution in [0.2, 0.25) is 0 Å². The first-order chi connectivity index (χ1) is 13.1. The van der Waals surface area contributed by atoms with Crippen LogP contribution in [0.5, 0.6) is 0 Å². The highest BCUT2D eigenvalue weighted by atomic mass is 32.1. The summed E-state index contributed by atoms with van der Waals surface area (Å²) >= 11 is 1.43. The molecule has 1 aliphatic rings. The molecular formula is C18H22N6O2S. The van der Waals surface area contributed by atoms with Crippen LogP contribution in [0.4, 0.5) is 5.82 Å². The zero-order chi connectivity index (χ0) is 18.8. The van der Waals surface area contributed by atoms with Crippen molar-refractivity contribution in [2.45, 2.75) is 32.6 Å². The molecular weight excluding hydrogens is 364 g/mol. The SMILES string of the molecule is C[C@H]1CN(c2ncnc3c2cnn3CCNC(=O)c2cccs2)C[C@H](C)O1. The van der Waals surface area contributed by atoms with Gasteiger partial charge in [-0.05, 0) is 25.3 Å².